The van der Waals surface area contributed by atoms with Gasteiger partial charge in [-0.05, 0) is 56.1 Å². The fourth-order valence-electron chi connectivity index (χ4n) is 2.83. The third-order valence-electron chi connectivity index (χ3n) is 4.45. The number of nitrogens with one attached hydrogen (secondary N) is 1. The molecule has 0 aliphatic carbocycles. The Bertz CT molecular complexity index is 771. The van der Waals surface area contributed by atoms with Crippen LogP contribution in [0.4, 0.5) is 0 Å². The van der Waals surface area contributed by atoms with Crippen LogP contribution in [0.3, 0.4) is 0 Å². The van der Waals surface area contributed by atoms with Gasteiger partial charge in [0.25, 0.3) is 0 Å². The molecule has 0 saturated carbocycles. The molecule has 8 heteroatoms. The van der Waals surface area contributed by atoms with Crippen molar-refractivity contribution in [2.45, 2.75) is 33.4 Å². The van der Waals surface area contributed by atoms with E-state index in [-0.39, 0.29) is 0 Å². The maximum atomic E-state index is 9.10. The van der Waals surface area contributed by atoms with Crippen molar-refractivity contribution >= 4 is 11.9 Å². The lowest BCUT2D eigenvalue weighted by atomic mass is 10.1. The van der Waals surface area contributed by atoms with Gasteiger partial charge in [-0.25, -0.2) is 9.59 Å². The molecule has 8 nitrogen and oxygen atoms in total. The maximum Gasteiger partial charge on any atom is 0.414 e. The monoisotopic (exact) mass is 406 g/mol. The van der Waals surface area contributed by atoms with Crippen LogP contribution in [0, 0.1) is 13.8 Å². The summed E-state index contributed by atoms with van der Waals surface area (Å²) in [4.78, 5) is 18.2. The lowest BCUT2D eigenvalue weighted by Gasteiger charge is -2.09. The van der Waals surface area contributed by atoms with Gasteiger partial charge in [0.2, 0.25) is 0 Å². The highest BCUT2D eigenvalue weighted by molar-refractivity contribution is 6.27. The molecule has 0 aliphatic rings. The summed E-state index contributed by atoms with van der Waals surface area (Å²) in [6.07, 6.45) is 1.02. The minimum atomic E-state index is -1.82. The Morgan fingerprint density at radius 3 is 2.21 bits per heavy atom. The predicted molar refractivity (Wildman–Crippen MR) is 109 cm³/mol. The first-order valence-corrected chi connectivity index (χ1v) is 9.24. The van der Waals surface area contributed by atoms with E-state index in [9.17, 15) is 0 Å². The Hall–Kier alpha value is -2.84. The van der Waals surface area contributed by atoms with Gasteiger partial charge in [-0.15, -0.1) is 0 Å². The van der Waals surface area contributed by atoms with Gasteiger partial charge in [0, 0.05) is 31.6 Å². The van der Waals surface area contributed by atoms with Crippen LogP contribution in [0.5, 0.6) is 5.75 Å². The highest BCUT2D eigenvalue weighted by Gasteiger charge is 2.08. The van der Waals surface area contributed by atoms with Gasteiger partial charge in [0.05, 0.1) is 13.7 Å². The van der Waals surface area contributed by atoms with E-state index in [4.69, 9.17) is 29.3 Å². The second-order valence-corrected chi connectivity index (χ2v) is 6.43. The lowest BCUT2D eigenvalue weighted by Crippen LogP contribution is -2.17. The third kappa shape index (κ3) is 8.37. The molecular weight excluding hydrogens is 376 g/mol. The average molecular weight is 406 g/mol. The number of methoxy groups -OCH3 is 2. The van der Waals surface area contributed by atoms with Crippen LogP contribution in [0.1, 0.15) is 22.5 Å². The Kier molecular flexibility index (Phi) is 10.5. The van der Waals surface area contributed by atoms with Crippen molar-refractivity contribution in [3.8, 4) is 5.75 Å². The number of carboxylic acid groups (broad SMARTS) is 2. The summed E-state index contributed by atoms with van der Waals surface area (Å²) in [6, 6.07) is 10.5. The zero-order valence-corrected chi connectivity index (χ0v) is 17.4. The van der Waals surface area contributed by atoms with Crippen molar-refractivity contribution in [2.75, 3.05) is 27.4 Å². The largest absolute Gasteiger partial charge is 0.497 e. The van der Waals surface area contributed by atoms with Crippen LogP contribution < -0.4 is 10.1 Å². The molecule has 0 aliphatic heterocycles. The fourth-order valence-corrected chi connectivity index (χ4v) is 2.83. The Balaban J connectivity index is 0.000000612. The number of aryl methyl sites for hydroxylation is 1. The summed E-state index contributed by atoms with van der Waals surface area (Å²) in [7, 11) is 3.44. The van der Waals surface area contributed by atoms with Gasteiger partial charge < -0.3 is 29.6 Å². The molecule has 1 aromatic carbocycles. The second-order valence-electron chi connectivity index (χ2n) is 6.43. The van der Waals surface area contributed by atoms with Crippen molar-refractivity contribution < 1.29 is 29.3 Å². The summed E-state index contributed by atoms with van der Waals surface area (Å²) in [5.41, 5.74) is 5.32. The SMILES string of the molecule is COCCn1c(C)cc(CNCCc2ccc(OC)cc2)c1C.O=C(O)C(=O)O. The van der Waals surface area contributed by atoms with Crippen LogP contribution in [0.15, 0.2) is 30.3 Å². The zero-order valence-electron chi connectivity index (χ0n) is 17.4. The number of benzene rings is 1. The number of carboxylic acids is 2. The van der Waals surface area contributed by atoms with Gasteiger partial charge in [0.1, 0.15) is 5.75 Å². The summed E-state index contributed by atoms with van der Waals surface area (Å²) >= 11 is 0. The van der Waals surface area contributed by atoms with Crippen molar-refractivity contribution in [2.24, 2.45) is 0 Å². The molecule has 0 unspecified atom stereocenters. The lowest BCUT2D eigenvalue weighted by molar-refractivity contribution is -0.159. The van der Waals surface area contributed by atoms with Crippen molar-refractivity contribution in [1.82, 2.24) is 9.88 Å². The van der Waals surface area contributed by atoms with Gasteiger partial charge in [-0.3, -0.25) is 0 Å². The molecule has 0 amide bonds. The molecule has 2 aromatic rings. The summed E-state index contributed by atoms with van der Waals surface area (Å²) in [5, 5.41) is 18.3. The topological polar surface area (TPSA) is 110 Å². The molecule has 0 radical (unpaired) electrons. The second kappa shape index (κ2) is 12.6. The van der Waals surface area contributed by atoms with Crippen molar-refractivity contribution in [1.29, 1.82) is 0 Å². The number of aromatic nitrogens is 1. The van der Waals surface area contributed by atoms with E-state index in [1.807, 2.05) is 12.1 Å². The van der Waals surface area contributed by atoms with Gasteiger partial charge >= 0.3 is 11.9 Å². The zero-order chi connectivity index (χ0) is 21.8. The number of ether oxygens (including phenoxy) is 2. The smallest absolute Gasteiger partial charge is 0.414 e. The molecule has 3 N–H and O–H groups in total. The number of hydrogen-bond acceptors (Lipinski definition) is 5. The first-order valence-electron chi connectivity index (χ1n) is 9.24. The van der Waals surface area contributed by atoms with Gasteiger partial charge in [-0.1, -0.05) is 12.1 Å². The standard InChI is InChI=1S/C19H28N2O2.C2H2O4/c1-15-13-18(16(2)21(15)11-12-22-3)14-20-10-9-17-5-7-19(23-4)8-6-17;3-1(4)2(5)6/h5-8,13,20H,9-12,14H2,1-4H3;(H,3,4)(H,5,6). The number of nitrogens with zero attached hydrogens (tertiary/aromatic N) is 1. The molecule has 1 aromatic heterocycles. The molecule has 0 atom stereocenters. The number of carbonyl (C=O) groups is 2. The van der Waals surface area contributed by atoms with Crippen molar-refractivity contribution in [3.63, 3.8) is 0 Å². The highest BCUT2D eigenvalue weighted by Crippen LogP contribution is 2.15. The van der Waals surface area contributed by atoms with Crippen LogP contribution >= 0.6 is 0 Å². The molecule has 29 heavy (non-hydrogen) atoms. The first-order chi connectivity index (χ1) is 13.8. The molecule has 0 fully saturated rings. The van der Waals surface area contributed by atoms with Crippen LogP contribution in [-0.2, 0) is 33.8 Å². The number of aliphatic carboxylic acids is 2. The molecular formula is C21H30N2O6. The first kappa shape index (κ1) is 24.2. The summed E-state index contributed by atoms with van der Waals surface area (Å²) < 4.78 is 12.7. The molecule has 160 valence electrons. The number of hydrogen-bond donors (Lipinski definition) is 3. The normalized spacial score (nSPS) is 10.2. The van der Waals surface area contributed by atoms with E-state index in [1.54, 1.807) is 14.2 Å². The quantitative estimate of drug-likeness (QED) is 0.433. The van der Waals surface area contributed by atoms with E-state index in [0.29, 0.717) is 0 Å². The minimum absolute atomic E-state index is 0.751. The summed E-state index contributed by atoms with van der Waals surface area (Å²) in [6.45, 7) is 7.88. The van der Waals surface area contributed by atoms with E-state index < -0.39 is 11.9 Å². The minimum Gasteiger partial charge on any atom is -0.497 e. The molecule has 2 rings (SSSR count). The Labute approximate surface area is 171 Å². The fraction of sp³-hybridized carbons (Fsp3) is 0.429. The number of rotatable bonds is 9. The molecule has 0 saturated heterocycles. The predicted octanol–water partition coefficient (Wildman–Crippen LogP) is 2.25. The molecule has 0 bridgehead atoms. The van der Waals surface area contributed by atoms with Gasteiger partial charge in [-0.2, -0.15) is 0 Å². The van der Waals surface area contributed by atoms with Crippen LogP contribution in [0.25, 0.3) is 0 Å². The van der Waals surface area contributed by atoms with E-state index >= 15 is 0 Å². The average Bonchev–Trinajstić information content (AvgIpc) is 2.97. The third-order valence-corrected chi connectivity index (χ3v) is 4.45. The summed E-state index contributed by atoms with van der Waals surface area (Å²) in [5.74, 6) is -2.74. The van der Waals surface area contributed by atoms with E-state index in [1.165, 1.54) is 22.5 Å². The molecule has 0 spiro atoms. The van der Waals surface area contributed by atoms with Crippen LogP contribution in [-0.4, -0.2) is 54.1 Å². The van der Waals surface area contributed by atoms with Crippen LogP contribution in [0.2, 0.25) is 0 Å². The van der Waals surface area contributed by atoms with Crippen molar-refractivity contribution in [3.05, 3.63) is 52.8 Å². The maximum absolute atomic E-state index is 9.10. The van der Waals surface area contributed by atoms with E-state index in [2.05, 4.69) is 41.9 Å². The van der Waals surface area contributed by atoms with E-state index in [0.717, 1.165) is 38.4 Å². The Morgan fingerprint density at radius 2 is 1.69 bits per heavy atom. The highest BCUT2D eigenvalue weighted by atomic mass is 16.5. The Morgan fingerprint density at radius 1 is 1.07 bits per heavy atom. The molecule has 1 heterocycles. The van der Waals surface area contributed by atoms with Gasteiger partial charge in [0.15, 0.2) is 0 Å².